The van der Waals surface area contributed by atoms with Crippen LogP contribution in [0.5, 0.6) is 5.88 Å². The molecular weight excluding hydrogens is 234 g/mol. The smallest absolute Gasteiger partial charge is 0.464 e. The molecule has 1 aromatic rings. The molecule has 0 aliphatic rings. The monoisotopic (exact) mass is 239 g/mol. The van der Waals surface area contributed by atoms with Crippen LogP contribution in [0.4, 0.5) is 17.6 Å². The lowest BCUT2D eigenvalue weighted by Crippen LogP contribution is -2.19. The minimum Gasteiger partial charge on any atom is -0.464 e. The molecule has 16 heavy (non-hydrogen) atoms. The van der Waals surface area contributed by atoms with Gasteiger partial charge in [-0.15, -0.1) is 13.2 Å². The number of aromatic nitrogens is 1. The van der Waals surface area contributed by atoms with Gasteiger partial charge in [0.05, 0.1) is 7.11 Å². The molecule has 88 valence electrons. The van der Waals surface area contributed by atoms with Crippen LogP contribution in [0.1, 0.15) is 10.5 Å². The first-order valence-corrected chi connectivity index (χ1v) is 3.84. The quantitative estimate of drug-likeness (QED) is 0.584. The van der Waals surface area contributed by atoms with E-state index in [4.69, 9.17) is 0 Å². The van der Waals surface area contributed by atoms with E-state index in [1.165, 1.54) is 0 Å². The van der Waals surface area contributed by atoms with Gasteiger partial charge in [-0.05, 0) is 6.07 Å². The Morgan fingerprint density at radius 1 is 1.38 bits per heavy atom. The number of hydrogen-bond acceptors (Lipinski definition) is 4. The Hall–Kier alpha value is -1.86. The lowest BCUT2D eigenvalue weighted by Gasteiger charge is -2.08. The molecule has 0 fully saturated rings. The average molecular weight is 239 g/mol. The predicted molar refractivity (Wildman–Crippen MR) is 42.2 cm³/mol. The maximum atomic E-state index is 12.9. The standard InChI is InChI=1S/C8H5F4NO3/c1-15-7(14)6-4(9)2-3-5(13-6)16-8(10,11)12/h2-3H,1H3. The van der Waals surface area contributed by atoms with Gasteiger partial charge in [-0.25, -0.2) is 14.2 Å². The van der Waals surface area contributed by atoms with E-state index < -0.39 is 29.7 Å². The molecule has 0 aliphatic heterocycles. The minimum atomic E-state index is -4.96. The summed E-state index contributed by atoms with van der Waals surface area (Å²) < 4.78 is 55.8. The fourth-order valence-electron chi connectivity index (χ4n) is 0.839. The first kappa shape index (κ1) is 12.2. The number of esters is 1. The molecule has 0 spiro atoms. The molecule has 0 saturated heterocycles. The third-order valence-electron chi connectivity index (χ3n) is 1.42. The molecular formula is C8H5F4NO3. The van der Waals surface area contributed by atoms with Crippen LogP contribution in [0.2, 0.25) is 0 Å². The summed E-state index contributed by atoms with van der Waals surface area (Å²) in [5.74, 6) is -3.22. The van der Waals surface area contributed by atoms with Crippen LogP contribution in [-0.2, 0) is 4.74 Å². The van der Waals surface area contributed by atoms with Gasteiger partial charge >= 0.3 is 12.3 Å². The molecule has 1 aromatic heterocycles. The molecule has 0 unspecified atom stereocenters. The van der Waals surface area contributed by atoms with Gasteiger partial charge in [0.1, 0.15) is 0 Å². The normalized spacial score (nSPS) is 11.1. The van der Waals surface area contributed by atoms with Crippen LogP contribution < -0.4 is 4.74 Å². The van der Waals surface area contributed by atoms with Gasteiger partial charge in [0.15, 0.2) is 11.5 Å². The maximum absolute atomic E-state index is 12.9. The van der Waals surface area contributed by atoms with E-state index in [1.807, 2.05) is 0 Å². The summed E-state index contributed by atoms with van der Waals surface area (Å²) >= 11 is 0. The minimum absolute atomic E-state index is 0.625. The fourth-order valence-corrected chi connectivity index (χ4v) is 0.839. The summed E-state index contributed by atoms with van der Waals surface area (Å²) in [6, 6.07) is 1.27. The first-order valence-electron chi connectivity index (χ1n) is 3.84. The van der Waals surface area contributed by atoms with E-state index in [2.05, 4.69) is 14.5 Å². The van der Waals surface area contributed by atoms with Gasteiger partial charge in [-0.3, -0.25) is 0 Å². The summed E-state index contributed by atoms with van der Waals surface area (Å²) in [5, 5.41) is 0. The highest BCUT2D eigenvalue weighted by molar-refractivity contribution is 5.87. The van der Waals surface area contributed by atoms with E-state index >= 15 is 0 Å². The van der Waals surface area contributed by atoms with Crippen molar-refractivity contribution in [2.45, 2.75) is 6.36 Å². The highest BCUT2D eigenvalue weighted by Gasteiger charge is 2.32. The lowest BCUT2D eigenvalue weighted by atomic mass is 10.3. The number of carbonyl (C=O) groups excluding carboxylic acids is 1. The number of alkyl halides is 3. The van der Waals surface area contributed by atoms with Crippen molar-refractivity contribution in [3.8, 4) is 5.88 Å². The summed E-state index contributed by atoms with van der Waals surface area (Å²) in [4.78, 5) is 13.9. The molecule has 0 N–H and O–H groups in total. The average Bonchev–Trinajstić information content (AvgIpc) is 2.18. The first-order chi connectivity index (χ1) is 7.33. The van der Waals surface area contributed by atoms with Crippen molar-refractivity contribution in [3.63, 3.8) is 0 Å². The second-order valence-corrected chi connectivity index (χ2v) is 2.52. The van der Waals surface area contributed by atoms with Gasteiger partial charge < -0.3 is 9.47 Å². The Morgan fingerprint density at radius 2 is 2.00 bits per heavy atom. The molecule has 1 heterocycles. The number of nitrogens with zero attached hydrogens (tertiary/aromatic N) is 1. The van der Waals surface area contributed by atoms with Gasteiger partial charge in [0.2, 0.25) is 5.88 Å². The Morgan fingerprint density at radius 3 is 2.50 bits per heavy atom. The van der Waals surface area contributed by atoms with Crippen LogP contribution in [0, 0.1) is 5.82 Å². The number of ether oxygens (including phenoxy) is 2. The Balaban J connectivity index is 3.03. The Bertz CT molecular complexity index is 405. The molecule has 0 atom stereocenters. The molecule has 8 heteroatoms. The van der Waals surface area contributed by atoms with Gasteiger partial charge in [0.25, 0.3) is 0 Å². The van der Waals surface area contributed by atoms with Gasteiger partial charge in [-0.1, -0.05) is 0 Å². The van der Waals surface area contributed by atoms with Crippen LogP contribution >= 0.6 is 0 Å². The topological polar surface area (TPSA) is 48.4 Å². The van der Waals surface area contributed by atoms with E-state index in [0.29, 0.717) is 12.1 Å². The van der Waals surface area contributed by atoms with Crippen molar-refractivity contribution < 1.29 is 31.8 Å². The largest absolute Gasteiger partial charge is 0.574 e. The summed E-state index contributed by atoms with van der Waals surface area (Å²) in [7, 11) is 0.945. The van der Waals surface area contributed by atoms with E-state index in [1.54, 1.807) is 0 Å². The number of methoxy groups -OCH3 is 1. The third kappa shape index (κ3) is 3.07. The second-order valence-electron chi connectivity index (χ2n) is 2.52. The Labute approximate surface area is 86.8 Å². The van der Waals surface area contributed by atoms with E-state index in [0.717, 1.165) is 7.11 Å². The van der Waals surface area contributed by atoms with Crippen molar-refractivity contribution in [3.05, 3.63) is 23.6 Å². The van der Waals surface area contributed by atoms with Gasteiger partial charge in [0, 0.05) is 6.07 Å². The zero-order valence-electron chi connectivity index (χ0n) is 7.84. The molecule has 1 rings (SSSR count). The number of carbonyl (C=O) groups is 1. The molecule has 0 radical (unpaired) electrons. The highest BCUT2D eigenvalue weighted by Crippen LogP contribution is 2.21. The summed E-state index contributed by atoms with van der Waals surface area (Å²) in [5.41, 5.74) is -0.871. The number of hydrogen-bond donors (Lipinski definition) is 0. The fraction of sp³-hybridized carbons (Fsp3) is 0.250. The van der Waals surface area contributed by atoms with E-state index in [9.17, 15) is 22.4 Å². The number of halogens is 4. The number of pyridine rings is 1. The zero-order chi connectivity index (χ0) is 12.3. The van der Waals surface area contributed by atoms with E-state index in [-0.39, 0.29) is 0 Å². The maximum Gasteiger partial charge on any atom is 0.574 e. The van der Waals surface area contributed by atoms with Crippen molar-refractivity contribution in [2.75, 3.05) is 7.11 Å². The molecule has 0 amide bonds. The zero-order valence-corrected chi connectivity index (χ0v) is 7.84. The third-order valence-corrected chi connectivity index (χ3v) is 1.42. The van der Waals surface area contributed by atoms with Gasteiger partial charge in [-0.2, -0.15) is 0 Å². The van der Waals surface area contributed by atoms with Crippen LogP contribution in [0.15, 0.2) is 12.1 Å². The summed E-state index contributed by atoms with van der Waals surface area (Å²) in [6.45, 7) is 0. The summed E-state index contributed by atoms with van der Waals surface area (Å²) in [6.07, 6.45) is -4.96. The number of rotatable bonds is 2. The molecule has 0 saturated carbocycles. The second kappa shape index (κ2) is 4.33. The molecule has 0 aromatic carbocycles. The van der Waals surface area contributed by atoms with Crippen LogP contribution in [0.3, 0.4) is 0 Å². The Kier molecular flexibility index (Phi) is 3.31. The van der Waals surface area contributed by atoms with Crippen molar-refractivity contribution in [1.29, 1.82) is 0 Å². The predicted octanol–water partition coefficient (Wildman–Crippen LogP) is 1.91. The van der Waals surface area contributed by atoms with Crippen LogP contribution in [-0.4, -0.2) is 24.4 Å². The molecule has 0 bridgehead atoms. The van der Waals surface area contributed by atoms with Crippen molar-refractivity contribution in [1.82, 2.24) is 4.98 Å². The van der Waals surface area contributed by atoms with Crippen molar-refractivity contribution in [2.24, 2.45) is 0 Å². The highest BCUT2D eigenvalue weighted by atomic mass is 19.4. The van der Waals surface area contributed by atoms with Crippen LogP contribution in [0.25, 0.3) is 0 Å². The lowest BCUT2D eigenvalue weighted by molar-refractivity contribution is -0.276. The molecule has 4 nitrogen and oxygen atoms in total. The SMILES string of the molecule is COC(=O)c1nc(OC(F)(F)F)ccc1F. The van der Waals surface area contributed by atoms with Crippen molar-refractivity contribution >= 4 is 5.97 Å². The molecule has 0 aliphatic carbocycles.